The molecule has 218 valence electrons. The Kier molecular flexibility index (Phi) is 6.67. The third kappa shape index (κ3) is 3.58. The first-order valence-corrected chi connectivity index (χ1v) is 15.1. The molecule has 0 spiro atoms. The summed E-state index contributed by atoms with van der Waals surface area (Å²) >= 11 is 0. The first-order valence-electron chi connectivity index (χ1n) is 15.1. The Morgan fingerprint density at radius 1 is 1.02 bits per heavy atom. The van der Waals surface area contributed by atoms with Gasteiger partial charge in [-0.05, 0) is 85.5 Å². The van der Waals surface area contributed by atoms with Crippen molar-refractivity contribution in [2.45, 2.75) is 92.9 Å². The maximum absolute atomic E-state index is 14.5. The number of hydrogen-bond donors (Lipinski definition) is 0. The monoisotopic (exact) mass is 549 g/mol. The molecule has 0 bridgehead atoms. The number of carbonyl (C=O) groups excluding carboxylic acids is 3. The maximum Gasteiger partial charge on any atom is 0.312 e. The molecule has 5 aliphatic rings. The summed E-state index contributed by atoms with van der Waals surface area (Å²) in [7, 11) is 3.12. The van der Waals surface area contributed by atoms with E-state index in [1.807, 2.05) is 19.1 Å². The fraction of sp³-hybridized carbons (Fsp3) is 0.765. The van der Waals surface area contributed by atoms with Crippen molar-refractivity contribution in [1.82, 2.24) is 0 Å². The number of Topliss-reactive ketones (excluding diaryl/α,β-unsaturated/α-hetero) is 1. The number of rotatable bonds is 4. The van der Waals surface area contributed by atoms with Crippen LogP contribution < -0.4 is 0 Å². The minimum Gasteiger partial charge on any atom is -0.469 e. The molecule has 3 fully saturated rings. The van der Waals surface area contributed by atoms with E-state index < -0.39 is 16.2 Å². The van der Waals surface area contributed by atoms with Gasteiger partial charge >= 0.3 is 5.97 Å². The summed E-state index contributed by atoms with van der Waals surface area (Å²) < 4.78 is 10.8. The molecule has 8 atom stereocenters. The summed E-state index contributed by atoms with van der Waals surface area (Å²) in [6.07, 6.45) is 10.1. The van der Waals surface area contributed by atoms with Crippen LogP contribution in [0.25, 0.3) is 0 Å². The molecule has 0 unspecified atom stereocenters. The topological polar surface area (TPSA) is 93.5 Å². The molecule has 0 aliphatic heterocycles. The number of hydrogen-bond acceptors (Lipinski definition) is 6. The SMILES string of the molecule is COCC[C@]1(C)C(=O)C(C#N)=C[C@]2(C)C3=CC(=O)[C@@H]4[C@@H]5CC(C)(C)CC[C@]5(C(=O)OC)CC[C@@]4(C)[C@]3(C)CC[C@H]21. The molecule has 40 heavy (non-hydrogen) atoms. The van der Waals surface area contributed by atoms with Crippen molar-refractivity contribution in [3.63, 3.8) is 0 Å². The third-order valence-electron chi connectivity index (χ3n) is 13.1. The number of methoxy groups -OCH3 is 2. The van der Waals surface area contributed by atoms with Crippen molar-refractivity contribution in [3.8, 4) is 6.07 Å². The van der Waals surface area contributed by atoms with Gasteiger partial charge in [-0.1, -0.05) is 53.2 Å². The summed E-state index contributed by atoms with van der Waals surface area (Å²) in [4.78, 5) is 41.6. The average Bonchev–Trinajstić information content (AvgIpc) is 2.90. The van der Waals surface area contributed by atoms with Gasteiger partial charge in [-0.3, -0.25) is 14.4 Å². The Bertz CT molecular complexity index is 1260. The lowest BCUT2D eigenvalue weighted by Crippen LogP contribution is -2.66. The van der Waals surface area contributed by atoms with Gasteiger partial charge in [0.25, 0.3) is 0 Å². The predicted octanol–water partition coefficient (Wildman–Crippen LogP) is 6.40. The average molecular weight is 550 g/mol. The molecule has 0 heterocycles. The zero-order valence-corrected chi connectivity index (χ0v) is 25.7. The number of esters is 1. The van der Waals surface area contributed by atoms with Crippen molar-refractivity contribution in [1.29, 1.82) is 5.26 Å². The van der Waals surface area contributed by atoms with E-state index in [9.17, 15) is 19.6 Å². The minimum atomic E-state index is -0.743. The van der Waals surface area contributed by atoms with Crippen molar-refractivity contribution >= 4 is 17.5 Å². The zero-order valence-electron chi connectivity index (χ0n) is 25.7. The fourth-order valence-corrected chi connectivity index (χ4v) is 10.6. The first-order chi connectivity index (χ1) is 18.6. The lowest BCUT2D eigenvalue weighted by atomic mass is 9.34. The van der Waals surface area contributed by atoms with Gasteiger partial charge in [0.05, 0.1) is 18.1 Å². The van der Waals surface area contributed by atoms with Gasteiger partial charge in [0, 0.05) is 30.5 Å². The molecule has 0 amide bonds. The minimum absolute atomic E-state index is 0.0293. The smallest absolute Gasteiger partial charge is 0.312 e. The molecule has 0 aromatic carbocycles. The Hall–Kier alpha value is -2.26. The van der Waals surface area contributed by atoms with Crippen LogP contribution in [-0.4, -0.2) is 38.4 Å². The van der Waals surface area contributed by atoms with Crippen molar-refractivity contribution in [3.05, 3.63) is 23.3 Å². The lowest BCUT2D eigenvalue weighted by molar-refractivity contribution is -0.191. The number of nitriles is 1. The summed E-state index contributed by atoms with van der Waals surface area (Å²) in [6.45, 7) is 13.7. The molecular formula is C34H47NO5. The van der Waals surface area contributed by atoms with Crippen LogP contribution in [0.3, 0.4) is 0 Å². The molecule has 6 nitrogen and oxygen atoms in total. The van der Waals surface area contributed by atoms with E-state index in [2.05, 4.69) is 40.7 Å². The van der Waals surface area contributed by atoms with E-state index in [0.717, 1.165) is 50.5 Å². The van der Waals surface area contributed by atoms with Crippen molar-refractivity contribution in [2.75, 3.05) is 20.8 Å². The highest BCUT2D eigenvalue weighted by molar-refractivity contribution is 6.05. The molecule has 0 aromatic heterocycles. The van der Waals surface area contributed by atoms with Gasteiger partial charge in [0.15, 0.2) is 11.6 Å². The van der Waals surface area contributed by atoms with Crippen LogP contribution in [0.1, 0.15) is 92.9 Å². The largest absolute Gasteiger partial charge is 0.469 e. The maximum atomic E-state index is 14.5. The highest BCUT2D eigenvalue weighted by Crippen LogP contribution is 2.74. The van der Waals surface area contributed by atoms with Gasteiger partial charge in [0.2, 0.25) is 0 Å². The second kappa shape index (κ2) is 9.12. The van der Waals surface area contributed by atoms with E-state index in [-0.39, 0.29) is 57.1 Å². The zero-order chi connectivity index (χ0) is 29.5. The summed E-state index contributed by atoms with van der Waals surface area (Å²) in [6, 6.07) is 2.21. The number of carbonyl (C=O) groups is 3. The number of allylic oxidation sites excluding steroid dienone is 4. The molecule has 5 aliphatic carbocycles. The Balaban J connectivity index is 1.68. The van der Waals surface area contributed by atoms with E-state index in [4.69, 9.17) is 9.47 Å². The van der Waals surface area contributed by atoms with Crippen LogP contribution in [0.5, 0.6) is 0 Å². The van der Waals surface area contributed by atoms with E-state index in [1.54, 1.807) is 7.11 Å². The second-order valence-electron chi connectivity index (χ2n) is 15.3. The van der Waals surface area contributed by atoms with Crippen LogP contribution in [-0.2, 0) is 23.9 Å². The molecule has 6 heteroatoms. The number of ketones is 2. The molecule has 0 aromatic rings. The Morgan fingerprint density at radius 2 is 1.70 bits per heavy atom. The van der Waals surface area contributed by atoms with Gasteiger partial charge in [0.1, 0.15) is 6.07 Å². The van der Waals surface area contributed by atoms with Gasteiger partial charge in [-0.15, -0.1) is 0 Å². The van der Waals surface area contributed by atoms with Crippen LogP contribution in [0.4, 0.5) is 0 Å². The van der Waals surface area contributed by atoms with Gasteiger partial charge in [-0.25, -0.2) is 0 Å². The third-order valence-corrected chi connectivity index (χ3v) is 13.1. The van der Waals surface area contributed by atoms with Crippen LogP contribution in [0.15, 0.2) is 23.3 Å². The summed E-state index contributed by atoms with van der Waals surface area (Å²) in [5, 5.41) is 10.1. The van der Waals surface area contributed by atoms with Gasteiger partial charge < -0.3 is 9.47 Å². The summed E-state index contributed by atoms with van der Waals surface area (Å²) in [5.41, 5.74) is -1.28. The summed E-state index contributed by atoms with van der Waals surface area (Å²) in [5.74, 6) is -0.512. The molecular weight excluding hydrogens is 502 g/mol. The van der Waals surface area contributed by atoms with E-state index >= 15 is 0 Å². The Labute approximate surface area is 239 Å². The quantitative estimate of drug-likeness (QED) is 0.377. The van der Waals surface area contributed by atoms with Crippen LogP contribution in [0, 0.1) is 61.6 Å². The highest BCUT2D eigenvalue weighted by Gasteiger charge is 2.71. The lowest BCUT2D eigenvalue weighted by Gasteiger charge is -2.69. The standard InChI is InChI=1S/C34H47NO5/c1-29(2)11-13-34(28(38)40-8)14-12-33(6)26(22(34)19-29)23(36)17-25-31(4)18-21(20-35)27(37)30(3,15-16-39-7)24(31)9-10-32(25,33)5/h17-18,22,24,26H,9-16,19H2,1-8H3/t22-,24-,26-,30-,31-,32+,33+,34-/m0/s1. The number of ether oxygens (including phenoxy) is 2. The van der Waals surface area contributed by atoms with Crippen LogP contribution in [0.2, 0.25) is 0 Å². The fourth-order valence-electron chi connectivity index (χ4n) is 10.6. The van der Waals surface area contributed by atoms with Crippen LogP contribution >= 0.6 is 0 Å². The highest BCUT2D eigenvalue weighted by atomic mass is 16.5. The number of nitrogens with zero attached hydrogens (tertiary/aromatic N) is 1. The van der Waals surface area contributed by atoms with Crippen molar-refractivity contribution in [2.24, 2.45) is 50.2 Å². The molecule has 5 rings (SSSR count). The predicted molar refractivity (Wildman–Crippen MR) is 152 cm³/mol. The Morgan fingerprint density at radius 3 is 2.33 bits per heavy atom. The molecule has 0 N–H and O–H groups in total. The van der Waals surface area contributed by atoms with E-state index in [0.29, 0.717) is 13.0 Å². The van der Waals surface area contributed by atoms with E-state index in [1.165, 1.54) is 7.11 Å². The van der Waals surface area contributed by atoms with Crippen molar-refractivity contribution < 1.29 is 23.9 Å². The molecule has 3 saturated carbocycles. The normalized spacial score (nSPS) is 45.5. The van der Waals surface area contributed by atoms with Gasteiger partial charge in [-0.2, -0.15) is 5.26 Å². The second-order valence-corrected chi connectivity index (χ2v) is 15.3. The molecule has 0 radical (unpaired) electrons. The first kappa shape index (κ1) is 29.2. The molecule has 0 saturated heterocycles. The number of fused-ring (bicyclic) bond motifs is 7.